The smallest absolute Gasteiger partial charge is 0.387 e. The number of nitrogens with one attached hydrogen (secondary N) is 1. The van der Waals surface area contributed by atoms with Crippen LogP contribution < -0.4 is 5.32 Å². The predicted molar refractivity (Wildman–Crippen MR) is 106 cm³/mol. The number of oxime groups is 1. The lowest BCUT2D eigenvalue weighted by Gasteiger charge is -2.35. The Bertz CT molecular complexity index is 1140. The Labute approximate surface area is 188 Å². The average molecular weight is 492 g/mol. The van der Waals surface area contributed by atoms with E-state index in [1.807, 2.05) is 0 Å². The molecule has 1 aliphatic heterocycles. The Balaban J connectivity index is 1.48. The van der Waals surface area contributed by atoms with Gasteiger partial charge in [-0.2, -0.15) is 13.2 Å². The highest BCUT2D eigenvalue weighted by atomic mass is 35.5. The van der Waals surface area contributed by atoms with Crippen LogP contribution in [0.25, 0.3) is 0 Å². The first-order chi connectivity index (χ1) is 15.3. The summed E-state index contributed by atoms with van der Waals surface area (Å²) in [6.45, 7) is 1.54. The highest BCUT2D eigenvalue weighted by Gasteiger charge is 2.46. The van der Waals surface area contributed by atoms with Gasteiger partial charge in [-0.05, 0) is 31.2 Å². The Morgan fingerprint density at radius 2 is 1.94 bits per heavy atom. The van der Waals surface area contributed by atoms with E-state index in [1.54, 1.807) is 0 Å². The van der Waals surface area contributed by atoms with Gasteiger partial charge in [-0.25, -0.2) is 13.2 Å². The number of benzene rings is 1. The fourth-order valence-corrected chi connectivity index (χ4v) is 3.92. The molecule has 176 valence electrons. The van der Waals surface area contributed by atoms with Crippen LogP contribution in [0.4, 0.5) is 26.3 Å². The van der Waals surface area contributed by atoms with Crippen molar-refractivity contribution in [2.75, 3.05) is 0 Å². The maximum atomic E-state index is 14.4. The van der Waals surface area contributed by atoms with Crippen molar-refractivity contribution in [3.05, 3.63) is 63.2 Å². The Morgan fingerprint density at radius 1 is 1.24 bits per heavy atom. The van der Waals surface area contributed by atoms with Gasteiger partial charge >= 0.3 is 6.18 Å². The molecule has 1 saturated carbocycles. The zero-order valence-corrected chi connectivity index (χ0v) is 17.7. The first-order valence-corrected chi connectivity index (χ1v) is 10.2. The molecule has 1 N–H and O–H groups in total. The Kier molecular flexibility index (Phi) is 5.80. The van der Waals surface area contributed by atoms with Crippen LogP contribution in [-0.4, -0.2) is 28.6 Å². The van der Waals surface area contributed by atoms with Crippen molar-refractivity contribution in [2.24, 2.45) is 5.16 Å². The monoisotopic (exact) mass is 491 g/mol. The van der Waals surface area contributed by atoms with Gasteiger partial charge in [-0.3, -0.25) is 9.78 Å². The van der Waals surface area contributed by atoms with Crippen LogP contribution in [0, 0.1) is 12.7 Å². The van der Waals surface area contributed by atoms with Crippen LogP contribution in [0.5, 0.6) is 0 Å². The van der Waals surface area contributed by atoms with Crippen LogP contribution in [-0.2, 0) is 11.0 Å². The number of alkyl halides is 5. The van der Waals surface area contributed by atoms with Crippen LogP contribution >= 0.6 is 11.6 Å². The van der Waals surface area contributed by atoms with Gasteiger partial charge in [0.25, 0.3) is 11.8 Å². The largest absolute Gasteiger partial charge is 0.416 e. The fraction of sp³-hybridized carbons (Fsp3) is 0.381. The molecule has 2 aromatic rings. The summed E-state index contributed by atoms with van der Waals surface area (Å²) >= 11 is 5.63. The molecule has 2 aliphatic rings. The van der Waals surface area contributed by atoms with Crippen molar-refractivity contribution in [1.82, 2.24) is 10.3 Å². The molecular formula is C21H16ClF6N3O2. The van der Waals surface area contributed by atoms with Crippen molar-refractivity contribution in [3.8, 4) is 0 Å². The third-order valence-electron chi connectivity index (χ3n) is 5.45. The van der Waals surface area contributed by atoms with Crippen molar-refractivity contribution in [3.63, 3.8) is 0 Å². The predicted octanol–water partition coefficient (Wildman–Crippen LogP) is 5.59. The van der Waals surface area contributed by atoms with Gasteiger partial charge in [0, 0.05) is 30.9 Å². The van der Waals surface area contributed by atoms with Gasteiger partial charge in [0.2, 0.25) is 0 Å². The number of halogens is 7. The van der Waals surface area contributed by atoms with E-state index in [1.165, 1.54) is 19.1 Å². The number of hydrogen-bond donors (Lipinski definition) is 1. The lowest BCUT2D eigenvalue weighted by Crippen LogP contribution is -2.50. The van der Waals surface area contributed by atoms with E-state index in [0.29, 0.717) is 12.1 Å². The number of amides is 1. The minimum atomic E-state index is -4.72. The normalized spacial score (nSPS) is 20.1. The summed E-state index contributed by atoms with van der Waals surface area (Å²) in [6.07, 6.45) is -6.79. The number of hydrogen-bond acceptors (Lipinski definition) is 4. The molecule has 1 unspecified atom stereocenters. The van der Waals surface area contributed by atoms with Gasteiger partial charge in [0.1, 0.15) is 11.5 Å². The molecule has 1 atom stereocenters. The second-order valence-electron chi connectivity index (χ2n) is 7.96. The summed E-state index contributed by atoms with van der Waals surface area (Å²) in [4.78, 5) is 21.7. The quantitative estimate of drug-likeness (QED) is 0.567. The molecule has 4 rings (SSSR count). The van der Waals surface area contributed by atoms with E-state index < -0.39 is 65.0 Å². The van der Waals surface area contributed by atoms with E-state index in [0.717, 1.165) is 0 Å². The topological polar surface area (TPSA) is 63.6 Å². The molecular weight excluding hydrogens is 476 g/mol. The fourth-order valence-electron chi connectivity index (χ4n) is 3.69. The van der Waals surface area contributed by atoms with Crippen LogP contribution in [0.3, 0.4) is 0 Å². The summed E-state index contributed by atoms with van der Waals surface area (Å²) in [5.41, 5.74) is -0.522. The first-order valence-electron chi connectivity index (χ1n) is 9.79. The molecule has 0 saturated heterocycles. The third kappa shape index (κ3) is 4.78. The van der Waals surface area contributed by atoms with Gasteiger partial charge in [-0.15, -0.1) is 0 Å². The minimum absolute atomic E-state index is 0.0797. The highest BCUT2D eigenvalue weighted by Crippen LogP contribution is 2.39. The molecule has 33 heavy (non-hydrogen) atoms. The maximum absolute atomic E-state index is 14.4. The summed E-state index contributed by atoms with van der Waals surface area (Å²) < 4.78 is 79.5. The zero-order valence-electron chi connectivity index (χ0n) is 16.9. The molecule has 0 bridgehead atoms. The average Bonchev–Trinajstić information content (AvgIpc) is 3.17. The number of pyridine rings is 1. The first kappa shape index (κ1) is 23.3. The second kappa shape index (κ2) is 8.19. The third-order valence-corrected chi connectivity index (χ3v) is 5.73. The molecule has 2 heterocycles. The van der Waals surface area contributed by atoms with Crippen molar-refractivity contribution in [2.45, 2.75) is 50.4 Å². The van der Waals surface area contributed by atoms with Gasteiger partial charge < -0.3 is 10.2 Å². The molecule has 1 aliphatic carbocycles. The molecule has 1 fully saturated rings. The number of carbonyl (C=O) groups is 1. The van der Waals surface area contributed by atoms with Gasteiger partial charge in [0.05, 0.1) is 27.5 Å². The van der Waals surface area contributed by atoms with Gasteiger partial charge in [0.15, 0.2) is 6.10 Å². The number of aromatic nitrogens is 1. The summed E-state index contributed by atoms with van der Waals surface area (Å²) in [7, 11) is 0. The number of aryl methyl sites for hydroxylation is 1. The number of nitrogens with zero attached hydrogens (tertiary/aromatic N) is 2. The second-order valence-corrected chi connectivity index (χ2v) is 8.37. The maximum Gasteiger partial charge on any atom is 0.416 e. The van der Waals surface area contributed by atoms with Crippen molar-refractivity contribution < 1.29 is 36.0 Å². The standard InChI is InChI=1S/C21H16ClF6N3O2/c1-9-12(19(32)30-11-7-20(24,25)8-11)2-3-15(29-9)16-6-17(33-31-16)13-4-10(21(26,27)28)5-14(22)18(13)23/h2-5,11,17H,6-8H2,1H3,(H,30,32). The Morgan fingerprint density at radius 3 is 2.55 bits per heavy atom. The minimum Gasteiger partial charge on any atom is -0.387 e. The lowest BCUT2D eigenvalue weighted by molar-refractivity contribution is -0.137. The molecule has 1 aromatic heterocycles. The van der Waals surface area contributed by atoms with E-state index in [4.69, 9.17) is 16.4 Å². The van der Waals surface area contributed by atoms with E-state index in [-0.39, 0.29) is 29.1 Å². The van der Waals surface area contributed by atoms with E-state index in [9.17, 15) is 31.1 Å². The lowest BCUT2D eigenvalue weighted by atomic mass is 9.88. The molecule has 1 amide bonds. The zero-order chi connectivity index (χ0) is 24.1. The van der Waals surface area contributed by atoms with Gasteiger partial charge in [-0.1, -0.05) is 16.8 Å². The van der Waals surface area contributed by atoms with Crippen LogP contribution in [0.1, 0.15) is 58.2 Å². The van der Waals surface area contributed by atoms with Crippen molar-refractivity contribution in [1.29, 1.82) is 0 Å². The number of rotatable bonds is 4. The van der Waals surface area contributed by atoms with Crippen LogP contribution in [0.2, 0.25) is 5.02 Å². The molecule has 1 aromatic carbocycles. The summed E-state index contributed by atoms with van der Waals surface area (Å²) in [5.74, 6) is -4.35. The molecule has 5 nitrogen and oxygen atoms in total. The molecule has 0 spiro atoms. The van der Waals surface area contributed by atoms with Crippen molar-refractivity contribution >= 4 is 23.2 Å². The van der Waals surface area contributed by atoms with Crippen LogP contribution in [0.15, 0.2) is 29.4 Å². The molecule has 0 radical (unpaired) electrons. The summed E-state index contributed by atoms with van der Waals surface area (Å²) in [5, 5.41) is 5.63. The summed E-state index contributed by atoms with van der Waals surface area (Å²) in [6, 6.07) is 3.38. The Hall–Kier alpha value is -2.82. The highest BCUT2D eigenvalue weighted by molar-refractivity contribution is 6.30. The SMILES string of the molecule is Cc1nc(C2=NOC(c3cc(C(F)(F)F)cc(Cl)c3F)C2)ccc1C(=O)NC1CC(F)(F)C1. The van der Waals surface area contributed by atoms with E-state index in [2.05, 4.69) is 15.5 Å². The number of carbonyl (C=O) groups excluding carboxylic acids is 1. The molecule has 12 heteroatoms. The van der Waals surface area contributed by atoms with E-state index >= 15 is 0 Å².